The number of carbonyl (C=O) groups is 1. The van der Waals surface area contributed by atoms with E-state index in [1.807, 2.05) is 6.08 Å². The molecule has 0 unspecified atom stereocenters. The van der Waals surface area contributed by atoms with Gasteiger partial charge in [-0.3, -0.25) is 4.79 Å². The summed E-state index contributed by atoms with van der Waals surface area (Å²) in [5, 5.41) is 8.65. The molecule has 4 nitrogen and oxygen atoms in total. The number of hydrogen-bond acceptors (Lipinski definition) is 3. The molecule has 2 rings (SSSR count). The van der Waals surface area contributed by atoms with Crippen LogP contribution < -0.4 is 0 Å². The normalized spacial score (nSPS) is 30.0. The number of unbranched alkanes of at least 4 members (excludes halogenated alkanes) is 3. The molecule has 2 bridgehead atoms. The molecule has 0 spiro atoms. The van der Waals surface area contributed by atoms with Gasteiger partial charge in [0.15, 0.2) is 0 Å². The fourth-order valence-electron chi connectivity index (χ4n) is 3.61. The van der Waals surface area contributed by atoms with E-state index in [9.17, 15) is 4.79 Å². The first-order valence-electron chi connectivity index (χ1n) is 9.06. The van der Waals surface area contributed by atoms with Crippen LogP contribution in [0.5, 0.6) is 0 Å². The molecule has 0 aromatic carbocycles. The number of aliphatic carboxylic acids is 1. The molecule has 1 aliphatic heterocycles. The maximum Gasteiger partial charge on any atom is 0.303 e. The molecule has 23 heavy (non-hydrogen) atoms. The van der Waals surface area contributed by atoms with Crippen LogP contribution in [-0.2, 0) is 14.6 Å². The minimum atomic E-state index is -0.739. The summed E-state index contributed by atoms with van der Waals surface area (Å²) >= 11 is 0. The molecule has 2 aliphatic rings. The van der Waals surface area contributed by atoms with Gasteiger partial charge in [0.2, 0.25) is 0 Å². The maximum atomic E-state index is 10.5. The summed E-state index contributed by atoms with van der Waals surface area (Å²) in [5.41, 5.74) is 0. The fraction of sp³-hybridized carbons (Fsp3) is 0.737. The molecule has 130 valence electrons. The molecule has 1 aliphatic carbocycles. The summed E-state index contributed by atoms with van der Waals surface area (Å²) in [6.07, 6.45) is 18.0. The first-order chi connectivity index (χ1) is 11.2. The van der Waals surface area contributed by atoms with Gasteiger partial charge in [-0.2, -0.15) is 0 Å². The Hall–Kier alpha value is -1.13. The molecule has 2 fully saturated rings. The van der Waals surface area contributed by atoms with Crippen molar-refractivity contribution < 1.29 is 19.7 Å². The van der Waals surface area contributed by atoms with Gasteiger partial charge in [0.25, 0.3) is 0 Å². The molecular weight excluding hydrogens is 292 g/mol. The van der Waals surface area contributed by atoms with Crippen molar-refractivity contribution in [1.82, 2.24) is 0 Å². The van der Waals surface area contributed by atoms with E-state index in [1.54, 1.807) is 0 Å². The Labute approximate surface area is 139 Å². The summed E-state index contributed by atoms with van der Waals surface area (Å²) in [6, 6.07) is 0. The molecule has 0 amide bonds. The second kappa shape index (κ2) is 9.89. The summed E-state index contributed by atoms with van der Waals surface area (Å²) in [5.74, 6) is 0.285. The van der Waals surface area contributed by atoms with Crippen molar-refractivity contribution in [3.8, 4) is 0 Å². The molecule has 0 aromatic rings. The van der Waals surface area contributed by atoms with Crippen molar-refractivity contribution in [2.24, 2.45) is 11.8 Å². The molecule has 4 atom stereocenters. The van der Waals surface area contributed by atoms with Crippen LogP contribution in [0.4, 0.5) is 0 Å². The number of carboxylic acid groups (broad SMARTS) is 1. The highest BCUT2D eigenvalue weighted by molar-refractivity contribution is 5.66. The molecule has 0 radical (unpaired) electrons. The summed E-state index contributed by atoms with van der Waals surface area (Å²) in [4.78, 5) is 21.3. The molecule has 4 heteroatoms. The molecule has 0 aromatic heterocycles. The number of fused-ring (bicyclic) bond motifs is 2. The van der Waals surface area contributed by atoms with Gasteiger partial charge >= 0.3 is 5.97 Å². The zero-order valence-electron chi connectivity index (χ0n) is 14.2. The van der Waals surface area contributed by atoms with E-state index in [0.717, 1.165) is 19.3 Å². The van der Waals surface area contributed by atoms with E-state index in [2.05, 4.69) is 25.2 Å². The predicted octanol–water partition coefficient (Wildman–Crippen LogP) is 4.66. The zero-order valence-corrected chi connectivity index (χ0v) is 14.2. The molecule has 1 saturated heterocycles. The predicted molar refractivity (Wildman–Crippen MR) is 89.9 cm³/mol. The minimum absolute atomic E-state index is 0.205. The van der Waals surface area contributed by atoms with E-state index in [-0.39, 0.29) is 18.6 Å². The monoisotopic (exact) mass is 322 g/mol. The lowest BCUT2D eigenvalue weighted by molar-refractivity contribution is -0.340. The maximum absolute atomic E-state index is 10.5. The van der Waals surface area contributed by atoms with E-state index in [0.29, 0.717) is 18.3 Å². The van der Waals surface area contributed by atoms with Crippen molar-refractivity contribution in [3.63, 3.8) is 0 Å². The molecular formula is C19H30O4. The Kier molecular flexibility index (Phi) is 7.83. The van der Waals surface area contributed by atoms with Gasteiger partial charge in [0.1, 0.15) is 0 Å². The van der Waals surface area contributed by atoms with Crippen molar-refractivity contribution in [3.05, 3.63) is 24.3 Å². The van der Waals surface area contributed by atoms with Gasteiger partial charge in [0, 0.05) is 12.8 Å². The number of rotatable bonds is 11. The van der Waals surface area contributed by atoms with Gasteiger partial charge in [-0.25, -0.2) is 9.78 Å². The SMILES string of the molecule is CCCCCC=CC[C@@H]1[C@@H](CC=CCCC(=O)O)[C@H]2C[C@H]1OO2. The van der Waals surface area contributed by atoms with Crippen LogP contribution in [0.1, 0.15) is 64.7 Å². The van der Waals surface area contributed by atoms with E-state index < -0.39 is 5.97 Å². The summed E-state index contributed by atoms with van der Waals surface area (Å²) < 4.78 is 0. The highest BCUT2D eigenvalue weighted by Crippen LogP contribution is 2.45. The Balaban J connectivity index is 1.74. The van der Waals surface area contributed by atoms with Crippen LogP contribution in [0.2, 0.25) is 0 Å². The fourth-order valence-corrected chi connectivity index (χ4v) is 3.61. The first-order valence-corrected chi connectivity index (χ1v) is 9.06. The topological polar surface area (TPSA) is 55.8 Å². The lowest BCUT2D eigenvalue weighted by Gasteiger charge is -2.28. The average molecular weight is 322 g/mol. The smallest absolute Gasteiger partial charge is 0.303 e. The van der Waals surface area contributed by atoms with Crippen LogP contribution in [0.25, 0.3) is 0 Å². The van der Waals surface area contributed by atoms with E-state index >= 15 is 0 Å². The third kappa shape index (κ3) is 5.78. The highest BCUT2D eigenvalue weighted by atomic mass is 17.2. The van der Waals surface area contributed by atoms with E-state index in [1.165, 1.54) is 25.7 Å². The van der Waals surface area contributed by atoms with Gasteiger partial charge in [-0.05, 0) is 43.9 Å². The quantitative estimate of drug-likeness (QED) is 0.341. The summed E-state index contributed by atoms with van der Waals surface area (Å²) in [7, 11) is 0. The first kappa shape index (κ1) is 18.2. The number of allylic oxidation sites excluding steroid dienone is 4. The van der Waals surface area contributed by atoms with Gasteiger partial charge in [-0.1, -0.05) is 44.1 Å². The van der Waals surface area contributed by atoms with Crippen molar-refractivity contribution >= 4 is 5.97 Å². The minimum Gasteiger partial charge on any atom is -0.481 e. The number of carboxylic acids is 1. The van der Waals surface area contributed by atoms with Crippen LogP contribution in [0, 0.1) is 11.8 Å². The molecule has 1 N–H and O–H groups in total. The lowest BCUT2D eigenvalue weighted by Crippen LogP contribution is -2.29. The van der Waals surface area contributed by atoms with Crippen LogP contribution in [0.3, 0.4) is 0 Å². The third-order valence-corrected chi connectivity index (χ3v) is 4.92. The largest absolute Gasteiger partial charge is 0.481 e. The second-order valence-electron chi connectivity index (χ2n) is 6.68. The lowest BCUT2D eigenvalue weighted by atomic mass is 9.87. The van der Waals surface area contributed by atoms with Crippen LogP contribution in [0.15, 0.2) is 24.3 Å². The Morgan fingerprint density at radius 1 is 1.00 bits per heavy atom. The summed E-state index contributed by atoms with van der Waals surface area (Å²) in [6.45, 7) is 2.23. The number of hydrogen-bond donors (Lipinski definition) is 1. The van der Waals surface area contributed by atoms with Crippen LogP contribution in [-0.4, -0.2) is 23.3 Å². The highest BCUT2D eigenvalue weighted by Gasteiger charge is 2.49. The zero-order chi connectivity index (χ0) is 16.5. The average Bonchev–Trinajstić information content (AvgIpc) is 3.12. The molecule has 1 saturated carbocycles. The van der Waals surface area contributed by atoms with Gasteiger partial charge in [-0.15, -0.1) is 0 Å². The molecule has 1 heterocycles. The van der Waals surface area contributed by atoms with Crippen molar-refractivity contribution in [2.75, 3.05) is 0 Å². The standard InChI is InChI=1S/C19H30O4/c1-2-3-4-5-6-8-11-15-16(18-14-17(15)22-23-18)12-9-7-10-13-19(20)21/h6-9,15-18H,2-5,10-14H2,1H3,(H,20,21)/t15-,16-,17-,18-/m1/s1. The van der Waals surface area contributed by atoms with E-state index in [4.69, 9.17) is 14.9 Å². The van der Waals surface area contributed by atoms with Crippen molar-refractivity contribution in [1.29, 1.82) is 0 Å². The van der Waals surface area contributed by atoms with Gasteiger partial charge < -0.3 is 5.11 Å². The van der Waals surface area contributed by atoms with Gasteiger partial charge in [0.05, 0.1) is 12.2 Å². The van der Waals surface area contributed by atoms with Crippen LogP contribution >= 0.6 is 0 Å². The Morgan fingerprint density at radius 2 is 1.61 bits per heavy atom. The Morgan fingerprint density at radius 3 is 2.17 bits per heavy atom. The second-order valence-corrected chi connectivity index (χ2v) is 6.68. The van der Waals surface area contributed by atoms with Crippen molar-refractivity contribution in [2.45, 2.75) is 76.9 Å². The Bertz CT molecular complexity index is 416. The third-order valence-electron chi connectivity index (χ3n) is 4.92.